The van der Waals surface area contributed by atoms with Crippen molar-refractivity contribution in [3.05, 3.63) is 65.6 Å². The Morgan fingerprint density at radius 3 is 2.59 bits per heavy atom. The van der Waals surface area contributed by atoms with Crippen molar-refractivity contribution in [1.29, 1.82) is 0 Å². The minimum Gasteiger partial charge on any atom is -0.459 e. The Balaban J connectivity index is 1.35. The number of aromatic nitrogens is 2. The van der Waals surface area contributed by atoms with E-state index in [2.05, 4.69) is 4.98 Å². The molecule has 0 aliphatic carbocycles. The lowest BCUT2D eigenvalue weighted by Crippen LogP contribution is -2.40. The van der Waals surface area contributed by atoms with E-state index in [1.807, 2.05) is 35.9 Å². The van der Waals surface area contributed by atoms with Crippen molar-refractivity contribution in [2.75, 3.05) is 13.1 Å². The van der Waals surface area contributed by atoms with Crippen molar-refractivity contribution in [2.45, 2.75) is 38.2 Å². The zero-order chi connectivity index (χ0) is 22.9. The molecule has 1 aliphatic heterocycles. The number of sulfonamides is 1. The number of Topliss-reactive ketones (excluding diaryl/α,β-unsaturated/α-hetero) is 1. The van der Waals surface area contributed by atoms with Crippen LogP contribution in [0.2, 0.25) is 0 Å². The molecule has 8 nitrogen and oxygen atoms in total. The maximum absolute atomic E-state index is 12.9. The minimum absolute atomic E-state index is 0.0797. The molecule has 9 heteroatoms. The number of carbonyl (C=O) groups is 2. The van der Waals surface area contributed by atoms with Crippen LogP contribution in [0.3, 0.4) is 0 Å². The van der Waals surface area contributed by atoms with Gasteiger partial charge in [0, 0.05) is 31.0 Å². The average Bonchev–Trinajstić information content (AvgIpc) is 3.22. The monoisotopic (exact) mass is 455 g/mol. The maximum Gasteiger partial charge on any atom is 0.309 e. The van der Waals surface area contributed by atoms with Crippen molar-refractivity contribution in [2.24, 2.45) is 5.92 Å². The molecule has 32 heavy (non-hydrogen) atoms. The molecule has 4 rings (SSSR count). The molecule has 1 aromatic carbocycles. The van der Waals surface area contributed by atoms with Gasteiger partial charge in [-0.1, -0.05) is 18.2 Å². The number of pyridine rings is 1. The number of nitrogens with zero attached hydrogens (tertiary/aromatic N) is 3. The Bertz CT molecular complexity index is 1270. The number of ketones is 1. The molecule has 0 atom stereocenters. The van der Waals surface area contributed by atoms with Gasteiger partial charge in [0.1, 0.15) is 12.3 Å². The summed E-state index contributed by atoms with van der Waals surface area (Å²) in [6.45, 7) is 3.89. The van der Waals surface area contributed by atoms with E-state index in [4.69, 9.17) is 4.74 Å². The summed E-state index contributed by atoms with van der Waals surface area (Å²) >= 11 is 0. The predicted molar refractivity (Wildman–Crippen MR) is 118 cm³/mol. The van der Waals surface area contributed by atoms with E-state index < -0.39 is 10.0 Å². The summed E-state index contributed by atoms with van der Waals surface area (Å²) in [7, 11) is -3.73. The Morgan fingerprint density at radius 2 is 1.91 bits per heavy atom. The van der Waals surface area contributed by atoms with Crippen molar-refractivity contribution >= 4 is 27.4 Å². The van der Waals surface area contributed by atoms with Crippen molar-refractivity contribution < 1.29 is 22.7 Å². The number of piperidine rings is 1. The first-order valence-corrected chi connectivity index (χ1v) is 11.9. The van der Waals surface area contributed by atoms with Crippen LogP contribution < -0.4 is 0 Å². The highest BCUT2D eigenvalue weighted by Gasteiger charge is 2.33. The summed E-state index contributed by atoms with van der Waals surface area (Å²) in [5.74, 6) is -0.887. The van der Waals surface area contributed by atoms with Crippen LogP contribution in [0.4, 0.5) is 0 Å². The smallest absolute Gasteiger partial charge is 0.309 e. The fourth-order valence-corrected chi connectivity index (χ4v) is 5.41. The molecule has 0 N–H and O–H groups in total. The predicted octanol–water partition coefficient (Wildman–Crippen LogP) is 2.99. The minimum atomic E-state index is -3.73. The van der Waals surface area contributed by atoms with Crippen molar-refractivity contribution in [3.8, 4) is 0 Å². The van der Waals surface area contributed by atoms with E-state index in [-0.39, 0.29) is 42.3 Å². The molecule has 1 aliphatic rings. The summed E-state index contributed by atoms with van der Waals surface area (Å²) in [6.07, 6.45) is 4.49. The average molecular weight is 456 g/mol. The van der Waals surface area contributed by atoms with Crippen LogP contribution in [-0.2, 0) is 26.2 Å². The van der Waals surface area contributed by atoms with E-state index in [1.54, 1.807) is 12.1 Å². The van der Waals surface area contributed by atoms with Crippen molar-refractivity contribution in [1.82, 2.24) is 13.7 Å². The first kappa shape index (κ1) is 22.2. The van der Waals surface area contributed by atoms with Crippen molar-refractivity contribution in [3.63, 3.8) is 0 Å². The van der Waals surface area contributed by atoms with E-state index >= 15 is 0 Å². The second kappa shape index (κ2) is 8.84. The van der Waals surface area contributed by atoms with Gasteiger partial charge >= 0.3 is 5.97 Å². The Hall–Kier alpha value is -3.04. The number of aryl methyl sites for hydroxylation is 1. The lowest BCUT2D eigenvalue weighted by molar-refractivity contribution is -0.151. The topological polar surface area (TPSA) is 98.1 Å². The van der Waals surface area contributed by atoms with E-state index in [0.717, 1.165) is 11.2 Å². The van der Waals surface area contributed by atoms with Crippen LogP contribution in [0.15, 0.2) is 53.7 Å². The summed E-state index contributed by atoms with van der Waals surface area (Å²) in [5.41, 5.74) is 2.88. The van der Waals surface area contributed by atoms with Crippen LogP contribution in [0.1, 0.15) is 41.4 Å². The van der Waals surface area contributed by atoms with Gasteiger partial charge in [0.2, 0.25) is 10.0 Å². The highest BCUT2D eigenvalue weighted by atomic mass is 32.2. The molecular formula is C23H25N3O5S. The first-order chi connectivity index (χ1) is 15.3. The number of hydrogen-bond donors (Lipinski definition) is 0. The van der Waals surface area contributed by atoms with Gasteiger partial charge in [-0.2, -0.15) is 4.31 Å². The highest BCUT2D eigenvalue weighted by Crippen LogP contribution is 2.25. The zero-order valence-electron chi connectivity index (χ0n) is 18.0. The maximum atomic E-state index is 12.9. The molecule has 0 unspecified atom stereocenters. The van der Waals surface area contributed by atoms with Gasteiger partial charge in [-0.25, -0.2) is 13.4 Å². The van der Waals surface area contributed by atoms with Gasteiger partial charge in [-0.3, -0.25) is 9.59 Å². The van der Waals surface area contributed by atoms with Gasteiger partial charge in [-0.15, -0.1) is 0 Å². The van der Waals surface area contributed by atoms with E-state index in [0.29, 0.717) is 24.1 Å². The largest absolute Gasteiger partial charge is 0.459 e. The molecule has 0 amide bonds. The van der Waals surface area contributed by atoms with Crippen LogP contribution in [-0.4, -0.2) is 46.9 Å². The number of imidazole rings is 1. The summed E-state index contributed by atoms with van der Waals surface area (Å²) in [6, 6.07) is 9.93. The fraction of sp³-hybridized carbons (Fsp3) is 0.348. The molecule has 0 spiro atoms. The third-order valence-electron chi connectivity index (χ3n) is 5.76. The number of fused-ring (bicyclic) bond motifs is 1. The van der Waals surface area contributed by atoms with Crippen LogP contribution >= 0.6 is 0 Å². The van der Waals surface area contributed by atoms with Gasteiger partial charge in [0.25, 0.3) is 0 Å². The SMILES string of the molecule is CC(=O)c1cccc(S(=O)(=O)N2CCC(C(=O)OCc3cn4cccc(C)c4n3)CC2)c1. The Kier molecular flexibility index (Phi) is 6.12. The van der Waals surface area contributed by atoms with Gasteiger partial charge in [0.15, 0.2) is 5.78 Å². The van der Waals surface area contributed by atoms with Crippen LogP contribution in [0.5, 0.6) is 0 Å². The number of esters is 1. The van der Waals surface area contributed by atoms with Gasteiger partial charge in [-0.05, 0) is 50.5 Å². The molecule has 3 aromatic rings. The Labute approximate surface area is 186 Å². The molecule has 168 valence electrons. The molecule has 0 bridgehead atoms. The quantitative estimate of drug-likeness (QED) is 0.419. The summed E-state index contributed by atoms with van der Waals surface area (Å²) in [5, 5.41) is 0. The molecule has 0 radical (unpaired) electrons. The second-order valence-electron chi connectivity index (χ2n) is 8.02. The normalized spacial score (nSPS) is 15.7. The third kappa shape index (κ3) is 4.44. The number of carbonyl (C=O) groups excluding carboxylic acids is 2. The summed E-state index contributed by atoms with van der Waals surface area (Å²) < 4.78 is 34.6. The molecule has 2 aromatic heterocycles. The number of rotatable bonds is 6. The first-order valence-electron chi connectivity index (χ1n) is 10.5. The zero-order valence-corrected chi connectivity index (χ0v) is 18.8. The fourth-order valence-electron chi connectivity index (χ4n) is 3.89. The van der Waals surface area contributed by atoms with Gasteiger partial charge in [0.05, 0.1) is 16.5 Å². The second-order valence-corrected chi connectivity index (χ2v) is 9.96. The molecule has 3 heterocycles. The lowest BCUT2D eigenvalue weighted by atomic mass is 9.98. The molecule has 1 saturated heterocycles. The number of ether oxygens (including phenoxy) is 1. The molecule has 0 saturated carbocycles. The standard InChI is InChI=1S/C23H25N3O5S/c1-16-5-4-10-25-14-20(24-22(16)25)15-31-23(28)18-8-11-26(12-9-18)32(29,30)21-7-3-6-19(13-21)17(2)27/h3-7,10,13-14,18H,8-9,11-12,15H2,1-2H3. The van der Waals surface area contributed by atoms with Crippen LogP contribution in [0, 0.1) is 12.8 Å². The number of hydrogen-bond acceptors (Lipinski definition) is 6. The van der Waals surface area contributed by atoms with E-state index in [9.17, 15) is 18.0 Å². The Morgan fingerprint density at radius 1 is 1.16 bits per heavy atom. The molecule has 1 fully saturated rings. The van der Waals surface area contributed by atoms with E-state index in [1.165, 1.54) is 23.4 Å². The number of benzene rings is 1. The van der Waals surface area contributed by atoms with Crippen LogP contribution in [0.25, 0.3) is 5.65 Å². The summed E-state index contributed by atoms with van der Waals surface area (Å²) in [4.78, 5) is 28.7. The highest BCUT2D eigenvalue weighted by molar-refractivity contribution is 7.89. The van der Waals surface area contributed by atoms with Gasteiger partial charge < -0.3 is 9.14 Å². The lowest BCUT2D eigenvalue weighted by Gasteiger charge is -2.30. The molecular weight excluding hydrogens is 430 g/mol. The third-order valence-corrected chi connectivity index (χ3v) is 7.65.